The van der Waals surface area contributed by atoms with Crippen molar-refractivity contribution in [1.29, 1.82) is 0 Å². The van der Waals surface area contributed by atoms with E-state index in [0.29, 0.717) is 15.7 Å². The molecule has 0 fully saturated rings. The zero-order chi connectivity index (χ0) is 14.2. The number of halogens is 1. The van der Waals surface area contributed by atoms with Crippen molar-refractivity contribution in [3.8, 4) is 5.69 Å². The fourth-order valence-electron chi connectivity index (χ4n) is 2.08. The summed E-state index contributed by atoms with van der Waals surface area (Å²) in [5, 5.41) is 10.9. The van der Waals surface area contributed by atoms with Crippen molar-refractivity contribution in [3.63, 3.8) is 0 Å². The second-order valence-electron chi connectivity index (χ2n) is 4.17. The molecule has 6 heteroatoms. The quantitative estimate of drug-likeness (QED) is 0.493. The highest BCUT2D eigenvalue weighted by Gasteiger charge is 2.16. The molecule has 0 aliphatic heterocycles. The van der Waals surface area contributed by atoms with Crippen LogP contribution in [0.4, 0.5) is 5.69 Å². The van der Waals surface area contributed by atoms with Gasteiger partial charge in [-0.15, -0.1) is 0 Å². The van der Waals surface area contributed by atoms with Crippen LogP contribution < -0.4 is 0 Å². The summed E-state index contributed by atoms with van der Waals surface area (Å²) in [6.07, 6.45) is 0.784. The number of hydrogen-bond donors (Lipinski definition) is 0. The molecule has 0 radical (unpaired) electrons. The summed E-state index contributed by atoms with van der Waals surface area (Å²) >= 11 is 3.15. The Morgan fingerprint density at radius 3 is 2.53 bits per heavy atom. The molecule has 0 aliphatic rings. The Balaban J connectivity index is 2.66. The molecule has 2 rings (SSSR count). The van der Waals surface area contributed by atoms with Gasteiger partial charge in [0.05, 0.1) is 15.1 Å². The molecule has 19 heavy (non-hydrogen) atoms. The number of hydrogen-bond acceptors (Lipinski definition) is 3. The van der Waals surface area contributed by atoms with Gasteiger partial charge >= 0.3 is 0 Å². The topological polar surface area (TPSA) is 65.1 Å². The molecule has 0 saturated carbocycles. The maximum absolute atomic E-state index is 10.9. The molecule has 0 unspecified atom stereocenters. The summed E-state index contributed by atoms with van der Waals surface area (Å²) in [6, 6.07) is 6.65. The van der Waals surface area contributed by atoms with Crippen molar-refractivity contribution < 1.29 is 9.72 Å². The lowest BCUT2D eigenvalue weighted by molar-refractivity contribution is -0.385. The number of aryl methyl sites for hydroxylation is 1. The van der Waals surface area contributed by atoms with Crippen molar-refractivity contribution in [2.75, 3.05) is 0 Å². The number of carbonyl (C=O) groups excluding carboxylic acids is 1. The van der Waals surface area contributed by atoms with E-state index in [1.807, 2.05) is 18.4 Å². The average Bonchev–Trinajstić information content (AvgIpc) is 2.65. The standard InChI is InChI=1S/C13H11BrN2O3/c1-8-5-10(7-17)9(2)15(8)11-3-4-12(14)13(6-11)16(18)19/h3-7H,1-2H3. The largest absolute Gasteiger partial charge is 0.318 e. The number of aromatic nitrogens is 1. The molecule has 2 aromatic rings. The van der Waals surface area contributed by atoms with Crippen molar-refractivity contribution in [3.05, 3.63) is 55.8 Å². The van der Waals surface area contributed by atoms with Gasteiger partial charge in [0, 0.05) is 23.0 Å². The van der Waals surface area contributed by atoms with Gasteiger partial charge < -0.3 is 4.57 Å². The minimum absolute atomic E-state index is 0.00217. The highest BCUT2D eigenvalue weighted by Crippen LogP contribution is 2.29. The van der Waals surface area contributed by atoms with Gasteiger partial charge in [-0.05, 0) is 48.0 Å². The lowest BCUT2D eigenvalue weighted by Gasteiger charge is -2.09. The number of nitro benzene ring substituents is 1. The Bertz CT molecular complexity index is 677. The molecule has 0 aliphatic carbocycles. The summed E-state index contributed by atoms with van der Waals surface area (Å²) in [4.78, 5) is 21.4. The van der Waals surface area contributed by atoms with Gasteiger partial charge in [-0.2, -0.15) is 0 Å². The number of carbonyl (C=O) groups is 1. The van der Waals surface area contributed by atoms with Crippen LogP contribution in [0.15, 0.2) is 28.7 Å². The zero-order valence-electron chi connectivity index (χ0n) is 10.4. The van der Waals surface area contributed by atoms with Gasteiger partial charge in [0.1, 0.15) is 0 Å². The number of rotatable bonds is 3. The van der Waals surface area contributed by atoms with E-state index in [2.05, 4.69) is 15.9 Å². The second kappa shape index (κ2) is 4.97. The highest BCUT2D eigenvalue weighted by atomic mass is 79.9. The molecule has 0 atom stereocenters. The highest BCUT2D eigenvalue weighted by molar-refractivity contribution is 9.10. The third-order valence-electron chi connectivity index (χ3n) is 2.98. The van der Waals surface area contributed by atoms with Crippen molar-refractivity contribution in [2.45, 2.75) is 13.8 Å². The lowest BCUT2D eigenvalue weighted by Crippen LogP contribution is -2.01. The molecule has 98 valence electrons. The molecule has 1 aromatic heterocycles. The van der Waals surface area contributed by atoms with Gasteiger partial charge in [0.15, 0.2) is 6.29 Å². The maximum Gasteiger partial charge on any atom is 0.285 e. The molecular formula is C13H11BrN2O3. The Kier molecular flexibility index (Phi) is 3.53. The van der Waals surface area contributed by atoms with E-state index >= 15 is 0 Å². The molecule has 5 nitrogen and oxygen atoms in total. The predicted molar refractivity (Wildman–Crippen MR) is 75.0 cm³/mol. The Labute approximate surface area is 118 Å². The number of benzene rings is 1. The Morgan fingerprint density at radius 2 is 2.00 bits per heavy atom. The summed E-state index contributed by atoms with van der Waals surface area (Å²) in [7, 11) is 0. The molecule has 0 saturated heterocycles. The van der Waals surface area contributed by atoms with E-state index in [4.69, 9.17) is 0 Å². The minimum atomic E-state index is -0.442. The van der Waals surface area contributed by atoms with Crippen LogP contribution in [-0.2, 0) is 0 Å². The van der Waals surface area contributed by atoms with Crippen LogP contribution in [0.1, 0.15) is 21.7 Å². The van der Waals surface area contributed by atoms with E-state index in [1.165, 1.54) is 6.07 Å². The first-order valence-electron chi connectivity index (χ1n) is 5.54. The number of nitro groups is 1. The van der Waals surface area contributed by atoms with E-state index < -0.39 is 4.92 Å². The maximum atomic E-state index is 10.9. The van der Waals surface area contributed by atoms with Gasteiger partial charge in [-0.25, -0.2) is 0 Å². The van der Waals surface area contributed by atoms with Crippen LogP contribution in [0.3, 0.4) is 0 Å². The predicted octanol–water partition coefficient (Wildman–Crippen LogP) is 3.58. The van der Waals surface area contributed by atoms with E-state index in [1.54, 1.807) is 18.2 Å². The average molecular weight is 323 g/mol. The SMILES string of the molecule is Cc1cc(C=O)c(C)n1-c1ccc(Br)c([N+](=O)[O-])c1. The zero-order valence-corrected chi connectivity index (χ0v) is 12.0. The molecular weight excluding hydrogens is 312 g/mol. The summed E-state index contributed by atoms with van der Waals surface area (Å²) < 4.78 is 2.25. The van der Waals surface area contributed by atoms with Gasteiger partial charge in [-0.3, -0.25) is 14.9 Å². The van der Waals surface area contributed by atoms with Gasteiger partial charge in [-0.1, -0.05) is 0 Å². The molecule has 0 N–H and O–H groups in total. The van der Waals surface area contributed by atoms with E-state index in [9.17, 15) is 14.9 Å². The van der Waals surface area contributed by atoms with E-state index in [-0.39, 0.29) is 5.69 Å². The van der Waals surface area contributed by atoms with Crippen molar-refractivity contribution in [2.24, 2.45) is 0 Å². The fraction of sp³-hybridized carbons (Fsp3) is 0.154. The van der Waals surface area contributed by atoms with Crippen molar-refractivity contribution in [1.82, 2.24) is 4.57 Å². The Morgan fingerprint density at radius 1 is 1.32 bits per heavy atom. The van der Waals surface area contributed by atoms with Crippen molar-refractivity contribution >= 4 is 27.9 Å². The molecule has 1 heterocycles. The summed E-state index contributed by atoms with van der Waals surface area (Å²) in [6.45, 7) is 3.67. The lowest BCUT2D eigenvalue weighted by atomic mass is 10.2. The number of nitrogens with zero attached hydrogens (tertiary/aromatic N) is 2. The molecule has 0 bridgehead atoms. The monoisotopic (exact) mass is 322 g/mol. The van der Waals surface area contributed by atoms with Crippen LogP contribution in [0.5, 0.6) is 0 Å². The summed E-state index contributed by atoms with van der Waals surface area (Å²) in [5.74, 6) is 0. The second-order valence-corrected chi connectivity index (χ2v) is 5.03. The van der Waals surface area contributed by atoms with Gasteiger partial charge in [0.25, 0.3) is 5.69 Å². The fourth-order valence-corrected chi connectivity index (χ4v) is 2.48. The first-order valence-corrected chi connectivity index (χ1v) is 6.33. The van der Waals surface area contributed by atoms with Crippen LogP contribution in [-0.4, -0.2) is 15.8 Å². The Hall–Kier alpha value is -1.95. The third-order valence-corrected chi connectivity index (χ3v) is 3.65. The molecule has 0 amide bonds. The smallest absolute Gasteiger partial charge is 0.285 e. The minimum Gasteiger partial charge on any atom is -0.318 e. The van der Waals surface area contributed by atoms with Crippen LogP contribution >= 0.6 is 15.9 Å². The number of aldehydes is 1. The van der Waals surface area contributed by atoms with Crippen LogP contribution in [0.25, 0.3) is 5.69 Å². The first-order chi connectivity index (χ1) is 8.95. The van der Waals surface area contributed by atoms with Crippen LogP contribution in [0.2, 0.25) is 0 Å². The van der Waals surface area contributed by atoms with Crippen LogP contribution in [0, 0.1) is 24.0 Å². The van der Waals surface area contributed by atoms with E-state index in [0.717, 1.165) is 17.7 Å². The molecule has 1 aromatic carbocycles. The normalized spacial score (nSPS) is 10.5. The third kappa shape index (κ3) is 2.31. The molecule has 0 spiro atoms. The van der Waals surface area contributed by atoms with Gasteiger partial charge in [0.2, 0.25) is 0 Å². The first kappa shape index (κ1) is 13.5. The summed E-state index contributed by atoms with van der Waals surface area (Å²) in [5.41, 5.74) is 2.87.